The van der Waals surface area contributed by atoms with Gasteiger partial charge in [-0.2, -0.15) is 0 Å². The van der Waals surface area contributed by atoms with E-state index in [2.05, 4.69) is 23.8 Å². The van der Waals surface area contributed by atoms with Crippen molar-refractivity contribution in [2.45, 2.75) is 45.4 Å². The van der Waals surface area contributed by atoms with Gasteiger partial charge in [0.05, 0.1) is 11.2 Å². The predicted octanol–water partition coefficient (Wildman–Crippen LogP) is 3.83. The molecule has 1 atom stereocenters. The Morgan fingerprint density at radius 2 is 2.18 bits per heavy atom. The number of rotatable bonds is 5. The second-order valence-corrected chi connectivity index (χ2v) is 4.61. The van der Waals surface area contributed by atoms with Gasteiger partial charge in [0.2, 0.25) is 0 Å². The quantitative estimate of drug-likeness (QED) is 0.768. The van der Waals surface area contributed by atoms with Gasteiger partial charge in [-0.25, -0.2) is 4.98 Å². The zero-order chi connectivity index (χ0) is 12.3. The maximum Gasteiger partial charge on any atom is 0.111 e. The first-order valence-electron chi connectivity index (χ1n) is 6.50. The number of nitrogens with two attached hydrogens (primary N) is 1. The maximum absolute atomic E-state index is 5.93. The molecule has 0 saturated carbocycles. The molecule has 3 heteroatoms. The highest BCUT2D eigenvalue weighted by atomic mass is 14.9. The number of unbranched alkanes of at least 4 members (excludes halogenated alkanes) is 1. The van der Waals surface area contributed by atoms with E-state index in [1.54, 1.807) is 0 Å². The molecule has 1 unspecified atom stereocenters. The minimum absolute atomic E-state index is 0.529. The van der Waals surface area contributed by atoms with Crippen molar-refractivity contribution < 1.29 is 0 Å². The molecule has 1 aromatic carbocycles. The zero-order valence-electron chi connectivity index (χ0n) is 10.7. The fourth-order valence-corrected chi connectivity index (χ4v) is 2.25. The first kappa shape index (κ1) is 12.0. The van der Waals surface area contributed by atoms with Crippen molar-refractivity contribution in [3.05, 3.63) is 24.0 Å². The molecule has 0 saturated heterocycles. The number of nitrogens with zero attached hydrogens (tertiary/aromatic N) is 1. The van der Waals surface area contributed by atoms with Crippen LogP contribution in [-0.2, 0) is 0 Å². The van der Waals surface area contributed by atoms with Crippen molar-refractivity contribution in [2.24, 2.45) is 0 Å². The van der Waals surface area contributed by atoms with Crippen molar-refractivity contribution in [1.29, 1.82) is 0 Å². The number of benzene rings is 1. The van der Waals surface area contributed by atoms with E-state index in [9.17, 15) is 0 Å². The molecule has 0 amide bonds. The minimum Gasteiger partial charge on any atom is -0.397 e. The van der Waals surface area contributed by atoms with Gasteiger partial charge in [0.15, 0.2) is 0 Å². The third-order valence-electron chi connectivity index (χ3n) is 3.35. The number of para-hydroxylation sites is 1. The zero-order valence-corrected chi connectivity index (χ0v) is 10.7. The van der Waals surface area contributed by atoms with Crippen LogP contribution in [0.2, 0.25) is 0 Å². The molecular formula is C14H21N3. The number of H-pyrrole nitrogens is 1. The number of nitrogen functional groups attached to an aromatic ring is 1. The fourth-order valence-electron chi connectivity index (χ4n) is 2.25. The second-order valence-electron chi connectivity index (χ2n) is 4.61. The van der Waals surface area contributed by atoms with Gasteiger partial charge in [0.25, 0.3) is 0 Å². The molecule has 0 radical (unpaired) electrons. The van der Waals surface area contributed by atoms with E-state index in [-0.39, 0.29) is 0 Å². The molecule has 0 fully saturated rings. The lowest BCUT2D eigenvalue weighted by molar-refractivity contribution is 0.549. The van der Waals surface area contributed by atoms with Gasteiger partial charge < -0.3 is 10.7 Å². The Labute approximate surface area is 102 Å². The van der Waals surface area contributed by atoms with E-state index in [1.807, 2.05) is 18.2 Å². The highest BCUT2D eigenvalue weighted by Crippen LogP contribution is 2.27. The average Bonchev–Trinajstić information content (AvgIpc) is 2.75. The van der Waals surface area contributed by atoms with Crippen LogP contribution in [0.3, 0.4) is 0 Å². The van der Waals surface area contributed by atoms with Crippen molar-refractivity contribution in [3.63, 3.8) is 0 Å². The number of hydrogen-bond donors (Lipinski definition) is 2. The lowest BCUT2D eigenvalue weighted by atomic mass is 9.99. The standard InChI is InChI=1S/C14H21N3/c1-3-5-7-10(4-2)14-16-12-9-6-8-11(15)13(12)17-14/h6,8-10H,3-5,7,15H2,1-2H3,(H,16,17). The molecule has 0 spiro atoms. The number of aromatic nitrogens is 2. The van der Waals surface area contributed by atoms with E-state index in [0.29, 0.717) is 5.92 Å². The topological polar surface area (TPSA) is 54.7 Å². The summed E-state index contributed by atoms with van der Waals surface area (Å²) >= 11 is 0. The highest BCUT2D eigenvalue weighted by Gasteiger charge is 2.14. The molecule has 0 aliphatic rings. The molecule has 2 rings (SSSR count). The van der Waals surface area contributed by atoms with Gasteiger partial charge in [-0.15, -0.1) is 0 Å². The van der Waals surface area contributed by atoms with Crippen LogP contribution in [0.25, 0.3) is 11.0 Å². The SMILES string of the molecule is CCCCC(CC)c1nc2c(N)cccc2[nH]1. The molecule has 17 heavy (non-hydrogen) atoms. The molecule has 3 N–H and O–H groups in total. The summed E-state index contributed by atoms with van der Waals surface area (Å²) in [5.74, 6) is 1.62. The average molecular weight is 231 g/mol. The summed E-state index contributed by atoms with van der Waals surface area (Å²) in [6.45, 7) is 4.44. The van der Waals surface area contributed by atoms with Crippen LogP contribution in [-0.4, -0.2) is 9.97 Å². The summed E-state index contributed by atoms with van der Waals surface area (Å²) in [6.07, 6.45) is 4.82. The van der Waals surface area contributed by atoms with Crippen molar-refractivity contribution >= 4 is 16.7 Å². The van der Waals surface area contributed by atoms with E-state index in [0.717, 1.165) is 29.0 Å². The smallest absolute Gasteiger partial charge is 0.111 e. The Balaban J connectivity index is 2.31. The number of anilines is 1. The number of aromatic amines is 1. The summed E-state index contributed by atoms with van der Waals surface area (Å²) in [6, 6.07) is 5.90. The third kappa shape index (κ3) is 2.43. The van der Waals surface area contributed by atoms with Gasteiger partial charge in [-0.1, -0.05) is 32.8 Å². The Morgan fingerprint density at radius 1 is 1.35 bits per heavy atom. The third-order valence-corrected chi connectivity index (χ3v) is 3.35. The number of fused-ring (bicyclic) bond motifs is 1. The summed E-state index contributed by atoms with van der Waals surface area (Å²) in [5, 5.41) is 0. The Bertz CT molecular complexity index is 487. The molecule has 0 aliphatic heterocycles. The van der Waals surface area contributed by atoms with E-state index < -0.39 is 0 Å². The van der Waals surface area contributed by atoms with Crippen LogP contribution in [0.5, 0.6) is 0 Å². The molecule has 92 valence electrons. The number of hydrogen-bond acceptors (Lipinski definition) is 2. The molecule has 1 aromatic heterocycles. The predicted molar refractivity (Wildman–Crippen MR) is 73.1 cm³/mol. The van der Waals surface area contributed by atoms with E-state index >= 15 is 0 Å². The van der Waals surface area contributed by atoms with Crippen LogP contribution in [0.15, 0.2) is 18.2 Å². The van der Waals surface area contributed by atoms with Gasteiger partial charge in [-0.05, 0) is 25.0 Å². The first-order valence-corrected chi connectivity index (χ1v) is 6.50. The van der Waals surface area contributed by atoms with Gasteiger partial charge in [0.1, 0.15) is 11.3 Å². The summed E-state index contributed by atoms with van der Waals surface area (Å²) in [4.78, 5) is 8.06. The van der Waals surface area contributed by atoms with Crippen LogP contribution in [0, 0.1) is 0 Å². The molecule has 0 bridgehead atoms. The summed E-state index contributed by atoms with van der Waals surface area (Å²) in [7, 11) is 0. The van der Waals surface area contributed by atoms with E-state index in [1.165, 1.54) is 19.3 Å². The van der Waals surface area contributed by atoms with Crippen LogP contribution in [0.1, 0.15) is 51.3 Å². The van der Waals surface area contributed by atoms with Crippen molar-refractivity contribution in [1.82, 2.24) is 9.97 Å². The lowest BCUT2D eigenvalue weighted by Gasteiger charge is -2.10. The van der Waals surface area contributed by atoms with Crippen molar-refractivity contribution in [2.75, 3.05) is 5.73 Å². The van der Waals surface area contributed by atoms with Crippen molar-refractivity contribution in [3.8, 4) is 0 Å². The highest BCUT2D eigenvalue weighted by molar-refractivity contribution is 5.86. The molecule has 3 nitrogen and oxygen atoms in total. The normalized spacial score (nSPS) is 13.1. The van der Waals surface area contributed by atoms with Gasteiger partial charge in [0, 0.05) is 5.92 Å². The lowest BCUT2D eigenvalue weighted by Crippen LogP contribution is -1.99. The summed E-state index contributed by atoms with van der Waals surface area (Å²) in [5.41, 5.74) is 8.65. The first-order chi connectivity index (χ1) is 8.26. The van der Waals surface area contributed by atoms with Gasteiger partial charge >= 0.3 is 0 Å². The maximum atomic E-state index is 5.93. The van der Waals surface area contributed by atoms with Crippen LogP contribution < -0.4 is 5.73 Å². The second kappa shape index (κ2) is 5.21. The fraction of sp³-hybridized carbons (Fsp3) is 0.500. The molecule has 1 heterocycles. The Kier molecular flexibility index (Phi) is 3.67. The van der Waals surface area contributed by atoms with Gasteiger partial charge in [-0.3, -0.25) is 0 Å². The molecular weight excluding hydrogens is 210 g/mol. The molecule has 0 aliphatic carbocycles. The number of nitrogens with one attached hydrogen (secondary N) is 1. The van der Waals surface area contributed by atoms with Crippen LogP contribution >= 0.6 is 0 Å². The monoisotopic (exact) mass is 231 g/mol. The van der Waals surface area contributed by atoms with E-state index in [4.69, 9.17) is 5.73 Å². The summed E-state index contributed by atoms with van der Waals surface area (Å²) < 4.78 is 0. The van der Waals surface area contributed by atoms with Crippen LogP contribution in [0.4, 0.5) is 5.69 Å². The number of imidazole rings is 1. The minimum atomic E-state index is 0.529. The Hall–Kier alpha value is -1.51. The molecule has 2 aromatic rings. The largest absolute Gasteiger partial charge is 0.397 e. The Morgan fingerprint density at radius 3 is 2.82 bits per heavy atom.